The lowest BCUT2D eigenvalue weighted by molar-refractivity contribution is 0.0253. The normalized spacial score (nSPS) is 14.0. The van der Waals surface area contributed by atoms with E-state index in [1.54, 1.807) is 11.9 Å². The van der Waals surface area contributed by atoms with Crippen LogP contribution in [0.15, 0.2) is 12.2 Å². The van der Waals surface area contributed by atoms with Gasteiger partial charge < -0.3 is 9.64 Å². The van der Waals surface area contributed by atoms with E-state index >= 15 is 0 Å². The molecule has 1 amide bonds. The van der Waals surface area contributed by atoms with Crippen LogP contribution in [0.5, 0.6) is 0 Å². The number of carbonyl (C=O) groups is 1. The Hall–Kier alpha value is -0.990. The van der Waals surface area contributed by atoms with E-state index < -0.39 is 5.60 Å². The first-order valence-electron chi connectivity index (χ1n) is 5.40. The highest BCUT2D eigenvalue weighted by Gasteiger charge is 2.22. The van der Waals surface area contributed by atoms with E-state index in [9.17, 15) is 4.79 Å². The highest BCUT2D eigenvalue weighted by Crippen LogP contribution is 2.12. The molecule has 0 aromatic rings. The molecule has 0 unspecified atom stereocenters. The van der Waals surface area contributed by atoms with E-state index in [2.05, 4.69) is 0 Å². The molecule has 0 saturated heterocycles. The van der Waals surface area contributed by atoms with E-state index in [0.717, 1.165) is 6.42 Å². The fourth-order valence-electron chi connectivity index (χ4n) is 1.23. The zero-order valence-corrected chi connectivity index (χ0v) is 10.7. The minimum Gasteiger partial charge on any atom is -0.444 e. The third kappa shape index (κ3) is 5.45. The molecule has 0 spiro atoms. The summed E-state index contributed by atoms with van der Waals surface area (Å²) in [7, 11) is 1.77. The van der Waals surface area contributed by atoms with Gasteiger partial charge in [0.1, 0.15) is 5.60 Å². The van der Waals surface area contributed by atoms with Crippen molar-refractivity contribution in [2.45, 2.75) is 52.7 Å². The number of hydrogen-bond acceptors (Lipinski definition) is 2. The van der Waals surface area contributed by atoms with Gasteiger partial charge in [0.15, 0.2) is 0 Å². The first-order chi connectivity index (χ1) is 6.81. The first kappa shape index (κ1) is 14.0. The number of amides is 1. The average Bonchev–Trinajstić information content (AvgIpc) is 2.10. The van der Waals surface area contributed by atoms with Gasteiger partial charge in [-0.1, -0.05) is 19.1 Å². The van der Waals surface area contributed by atoms with Gasteiger partial charge in [0.05, 0.1) is 6.04 Å². The Morgan fingerprint density at radius 3 is 2.33 bits per heavy atom. The monoisotopic (exact) mass is 213 g/mol. The summed E-state index contributed by atoms with van der Waals surface area (Å²) in [4.78, 5) is 13.3. The zero-order valence-electron chi connectivity index (χ0n) is 10.7. The largest absolute Gasteiger partial charge is 0.444 e. The van der Waals surface area contributed by atoms with Gasteiger partial charge >= 0.3 is 6.09 Å². The Morgan fingerprint density at radius 2 is 2.00 bits per heavy atom. The van der Waals surface area contributed by atoms with Crippen molar-refractivity contribution < 1.29 is 9.53 Å². The van der Waals surface area contributed by atoms with Crippen molar-refractivity contribution >= 4 is 6.09 Å². The highest BCUT2D eigenvalue weighted by molar-refractivity contribution is 5.68. The number of ether oxygens (including phenoxy) is 1. The van der Waals surface area contributed by atoms with Gasteiger partial charge in [-0.05, 0) is 34.1 Å². The summed E-state index contributed by atoms with van der Waals surface area (Å²) < 4.78 is 5.28. The smallest absolute Gasteiger partial charge is 0.410 e. The van der Waals surface area contributed by atoms with Crippen molar-refractivity contribution in [3.63, 3.8) is 0 Å². The van der Waals surface area contributed by atoms with Gasteiger partial charge in [0.25, 0.3) is 0 Å². The minimum atomic E-state index is -0.431. The van der Waals surface area contributed by atoms with E-state index in [1.165, 1.54) is 0 Å². The first-order valence-corrected chi connectivity index (χ1v) is 5.40. The van der Waals surface area contributed by atoms with Gasteiger partial charge in [0, 0.05) is 7.05 Å². The van der Waals surface area contributed by atoms with Crippen molar-refractivity contribution in [1.29, 1.82) is 0 Å². The van der Waals surface area contributed by atoms with Gasteiger partial charge in [-0.15, -0.1) is 0 Å². The summed E-state index contributed by atoms with van der Waals surface area (Å²) in [6.07, 6.45) is 4.58. The lowest BCUT2D eigenvalue weighted by Gasteiger charge is -2.28. The molecule has 3 nitrogen and oxygen atoms in total. The number of rotatable bonds is 3. The maximum absolute atomic E-state index is 11.7. The molecule has 0 saturated carbocycles. The molecule has 0 rings (SSSR count). The summed E-state index contributed by atoms with van der Waals surface area (Å²) in [5.41, 5.74) is -0.431. The second kappa shape index (κ2) is 5.79. The third-order valence-corrected chi connectivity index (χ3v) is 2.01. The number of likely N-dealkylation sites (N-methyl/N-ethyl adjacent to an activating group) is 1. The molecule has 0 fully saturated rings. The molecule has 0 N–H and O–H groups in total. The Morgan fingerprint density at radius 1 is 1.47 bits per heavy atom. The SMILES string of the molecule is C/C=C\[C@@H](CC)N(C)C(=O)OC(C)(C)C. The Bertz CT molecular complexity index is 228. The van der Waals surface area contributed by atoms with Gasteiger partial charge in [-0.2, -0.15) is 0 Å². The van der Waals surface area contributed by atoms with Crippen LogP contribution in [0, 0.1) is 0 Å². The predicted molar refractivity (Wildman–Crippen MR) is 62.9 cm³/mol. The van der Waals surface area contributed by atoms with Gasteiger partial charge in [-0.25, -0.2) is 4.79 Å². The van der Waals surface area contributed by atoms with Crippen LogP contribution in [0.25, 0.3) is 0 Å². The van der Waals surface area contributed by atoms with Crippen LogP contribution >= 0.6 is 0 Å². The maximum atomic E-state index is 11.7. The summed E-state index contributed by atoms with van der Waals surface area (Å²) in [6.45, 7) is 9.61. The van der Waals surface area contributed by atoms with Crippen molar-refractivity contribution in [3.8, 4) is 0 Å². The lowest BCUT2D eigenvalue weighted by atomic mass is 10.2. The third-order valence-electron chi connectivity index (χ3n) is 2.01. The van der Waals surface area contributed by atoms with Crippen molar-refractivity contribution in [3.05, 3.63) is 12.2 Å². The van der Waals surface area contributed by atoms with E-state index in [-0.39, 0.29) is 12.1 Å². The Labute approximate surface area is 93.1 Å². The second-order valence-electron chi connectivity index (χ2n) is 4.59. The standard InChI is InChI=1S/C12H23NO2/c1-7-9-10(8-2)13(6)11(14)15-12(3,4)5/h7,9-10H,8H2,1-6H3/b9-7-/t10-/m1/s1. The average molecular weight is 213 g/mol. The summed E-state index contributed by atoms with van der Waals surface area (Å²) in [5.74, 6) is 0. The minimum absolute atomic E-state index is 0.116. The van der Waals surface area contributed by atoms with E-state index in [0.29, 0.717) is 0 Å². The quantitative estimate of drug-likeness (QED) is 0.674. The van der Waals surface area contributed by atoms with Crippen LogP contribution in [-0.2, 0) is 4.74 Å². The molecule has 15 heavy (non-hydrogen) atoms. The number of carbonyl (C=O) groups excluding carboxylic acids is 1. The Balaban J connectivity index is 4.41. The molecule has 0 heterocycles. The maximum Gasteiger partial charge on any atom is 0.410 e. The van der Waals surface area contributed by atoms with Crippen LogP contribution in [0.3, 0.4) is 0 Å². The number of hydrogen-bond donors (Lipinski definition) is 0. The molecular weight excluding hydrogens is 190 g/mol. The molecule has 0 aliphatic heterocycles. The summed E-state index contributed by atoms with van der Waals surface area (Å²) in [6, 6.07) is 0.116. The Kier molecular flexibility index (Phi) is 5.40. The zero-order chi connectivity index (χ0) is 12.1. The van der Waals surface area contributed by atoms with Crippen molar-refractivity contribution in [2.75, 3.05) is 7.05 Å². The molecule has 3 heteroatoms. The van der Waals surface area contributed by atoms with Crippen molar-refractivity contribution in [2.24, 2.45) is 0 Å². The molecule has 88 valence electrons. The predicted octanol–water partition coefficient (Wildman–Crippen LogP) is 3.21. The fourth-order valence-corrected chi connectivity index (χ4v) is 1.23. The molecule has 0 aromatic carbocycles. The molecule has 1 atom stereocenters. The van der Waals surface area contributed by atoms with Crippen LogP contribution in [0.2, 0.25) is 0 Å². The van der Waals surface area contributed by atoms with Gasteiger partial charge in [0.2, 0.25) is 0 Å². The fraction of sp³-hybridized carbons (Fsp3) is 0.750. The lowest BCUT2D eigenvalue weighted by Crippen LogP contribution is -2.39. The second-order valence-corrected chi connectivity index (χ2v) is 4.59. The number of allylic oxidation sites excluding steroid dienone is 1. The molecule has 0 radical (unpaired) electrons. The van der Waals surface area contributed by atoms with Crippen LogP contribution < -0.4 is 0 Å². The van der Waals surface area contributed by atoms with Crippen LogP contribution in [0.4, 0.5) is 4.79 Å². The molecule has 0 aliphatic rings. The van der Waals surface area contributed by atoms with Crippen molar-refractivity contribution in [1.82, 2.24) is 4.90 Å². The van der Waals surface area contributed by atoms with Crippen LogP contribution in [0.1, 0.15) is 41.0 Å². The summed E-state index contributed by atoms with van der Waals surface area (Å²) in [5, 5.41) is 0. The summed E-state index contributed by atoms with van der Waals surface area (Å²) >= 11 is 0. The van der Waals surface area contributed by atoms with E-state index in [1.807, 2.05) is 46.8 Å². The molecule has 0 aromatic heterocycles. The molecular formula is C12H23NO2. The van der Waals surface area contributed by atoms with Crippen LogP contribution in [-0.4, -0.2) is 29.7 Å². The number of nitrogens with zero attached hydrogens (tertiary/aromatic N) is 1. The highest BCUT2D eigenvalue weighted by atomic mass is 16.6. The van der Waals surface area contributed by atoms with Gasteiger partial charge in [-0.3, -0.25) is 0 Å². The van der Waals surface area contributed by atoms with E-state index in [4.69, 9.17) is 4.74 Å². The molecule has 0 aliphatic carbocycles. The topological polar surface area (TPSA) is 29.5 Å². The molecule has 0 bridgehead atoms.